The van der Waals surface area contributed by atoms with Crippen LogP contribution < -0.4 is 0 Å². The Balaban J connectivity index is 0.000000108. The Labute approximate surface area is 525 Å². The van der Waals surface area contributed by atoms with Gasteiger partial charge in [-0.05, 0) is 185 Å². The molecule has 0 heterocycles. The molecule has 0 amide bonds. The second-order valence-electron chi connectivity index (χ2n) is 23.2. The van der Waals surface area contributed by atoms with Gasteiger partial charge in [-0.2, -0.15) is 0 Å². The molecule has 0 atom stereocenters. The normalized spacial score (nSPS) is 10.6. The van der Waals surface area contributed by atoms with Gasteiger partial charge in [-0.25, -0.2) is 0 Å². The van der Waals surface area contributed by atoms with E-state index in [9.17, 15) is 0 Å². The third kappa shape index (κ3) is 14.6. The molecule has 0 aromatic heterocycles. The average Bonchev–Trinajstić information content (AvgIpc) is 3.44. The minimum atomic E-state index is 1.31. The molecule has 0 aliphatic carbocycles. The Bertz CT molecular complexity index is 5110. The van der Waals surface area contributed by atoms with Crippen LogP contribution in [0.1, 0.15) is 38.9 Å². The Morgan fingerprint density at radius 1 is 0.135 bits per heavy atom. The standard InChI is InChI=1S/4C15H12.2C11H10.C7H8/c1-11-14-8-4-2-6-12(14)10-13-7-3-5-9-15(11)13;1-11-10-12-6-2-3-8-14(12)15-9-5-4-7-13(11)15;1-11-5-4-8-15-13(11)10-9-12-6-2-3-7-14(12)15;1-11-6-9-15-13(10-11)8-7-12-4-2-3-5-14(12)15;1-9-5-4-7-10-6-2-3-8-11(9)10;1-9-6-7-10-4-2-3-5-11(10)8-9;1-7-5-3-2-4-6-7/h4*2-10H,1H3;2*2-8H,1H3;2-6H,1H3. The van der Waals surface area contributed by atoms with Crippen molar-refractivity contribution in [2.24, 2.45) is 0 Å². The maximum absolute atomic E-state index is 2.26. The molecular weight excluding hydrogens is 1070 g/mol. The summed E-state index contributed by atoms with van der Waals surface area (Å²) in [5.41, 5.74) is 9.39. The van der Waals surface area contributed by atoms with Crippen LogP contribution in [0.4, 0.5) is 0 Å². The lowest BCUT2D eigenvalue weighted by Crippen LogP contribution is -1.81. The summed E-state index contributed by atoms with van der Waals surface area (Å²) in [7, 11) is 0. The maximum atomic E-state index is 2.26. The van der Waals surface area contributed by atoms with Crippen LogP contribution in [0.3, 0.4) is 0 Å². The molecule has 0 aliphatic heterocycles. The third-order valence-corrected chi connectivity index (χ3v) is 16.8. The molecular formula is C89H76. The number of fused-ring (bicyclic) bond motifs is 13. The van der Waals surface area contributed by atoms with Gasteiger partial charge in [0, 0.05) is 0 Å². The van der Waals surface area contributed by atoms with Crippen molar-refractivity contribution in [2.75, 3.05) is 0 Å². The van der Waals surface area contributed by atoms with Gasteiger partial charge in [0.05, 0.1) is 0 Å². The van der Waals surface area contributed by atoms with Crippen LogP contribution in [0, 0.1) is 48.5 Å². The summed E-state index contributed by atoms with van der Waals surface area (Å²) in [6.45, 7) is 15.0. The van der Waals surface area contributed by atoms with Gasteiger partial charge in [0.15, 0.2) is 0 Å². The Kier molecular flexibility index (Phi) is 19.4. The van der Waals surface area contributed by atoms with E-state index in [1.807, 2.05) is 18.2 Å². The van der Waals surface area contributed by atoms with Gasteiger partial charge in [0.1, 0.15) is 0 Å². The molecule has 89 heavy (non-hydrogen) atoms. The summed E-state index contributed by atoms with van der Waals surface area (Å²) in [5, 5.41) is 26.8. The Morgan fingerprint density at radius 3 is 1.00 bits per heavy atom. The van der Waals surface area contributed by atoms with Crippen LogP contribution in [-0.2, 0) is 0 Å². The lowest BCUT2D eigenvalue weighted by Gasteiger charge is -2.06. The molecule has 0 fully saturated rings. The maximum Gasteiger partial charge on any atom is -0.0103 e. The van der Waals surface area contributed by atoms with E-state index < -0.39 is 0 Å². The van der Waals surface area contributed by atoms with Crippen molar-refractivity contribution < 1.29 is 0 Å². The zero-order chi connectivity index (χ0) is 61.5. The highest BCUT2D eigenvalue weighted by Crippen LogP contribution is 2.31. The largest absolute Gasteiger partial charge is 0.0622 e. The minimum Gasteiger partial charge on any atom is -0.0622 e. The van der Waals surface area contributed by atoms with Crippen molar-refractivity contribution in [3.8, 4) is 0 Å². The summed E-state index contributed by atoms with van der Waals surface area (Å²) in [5.74, 6) is 0. The summed E-state index contributed by atoms with van der Waals surface area (Å²) in [6, 6.07) is 118. The molecule has 0 bridgehead atoms. The molecule has 0 saturated carbocycles. The molecule has 0 aliphatic rings. The lowest BCUT2D eigenvalue weighted by atomic mass is 9.98. The first-order valence-electron chi connectivity index (χ1n) is 31.0. The monoisotopic (exact) mass is 1140 g/mol. The van der Waals surface area contributed by atoms with E-state index in [-0.39, 0.29) is 0 Å². The molecule has 17 aromatic rings. The van der Waals surface area contributed by atoms with Gasteiger partial charge < -0.3 is 0 Å². The predicted octanol–water partition coefficient (Wildman–Crippen LogP) is 25.5. The first-order chi connectivity index (χ1) is 43.6. The summed E-state index contributed by atoms with van der Waals surface area (Å²) >= 11 is 0. The van der Waals surface area contributed by atoms with Gasteiger partial charge in [-0.3, -0.25) is 0 Å². The summed E-state index contributed by atoms with van der Waals surface area (Å²) < 4.78 is 0. The number of aryl methyl sites for hydroxylation is 7. The fourth-order valence-electron chi connectivity index (χ4n) is 12.0. The molecule has 17 rings (SSSR count). The molecule has 0 spiro atoms. The summed E-state index contributed by atoms with van der Waals surface area (Å²) in [6.07, 6.45) is 0. The van der Waals surface area contributed by atoms with Gasteiger partial charge in [0.25, 0.3) is 0 Å². The first-order valence-corrected chi connectivity index (χ1v) is 31.0. The van der Waals surface area contributed by atoms with Gasteiger partial charge in [0.2, 0.25) is 0 Å². The number of rotatable bonds is 0. The van der Waals surface area contributed by atoms with E-state index in [1.165, 1.54) is 147 Å². The topological polar surface area (TPSA) is 0 Å². The second kappa shape index (κ2) is 28.7. The predicted molar refractivity (Wildman–Crippen MR) is 393 cm³/mol. The smallest absolute Gasteiger partial charge is 0.0103 e. The van der Waals surface area contributed by atoms with Crippen molar-refractivity contribution >= 4 is 108 Å². The average molecular weight is 1150 g/mol. The van der Waals surface area contributed by atoms with Gasteiger partial charge in [-0.1, -0.05) is 344 Å². The van der Waals surface area contributed by atoms with Crippen LogP contribution in [0.15, 0.2) is 334 Å². The van der Waals surface area contributed by atoms with E-state index in [2.05, 4.69) is 364 Å². The molecule has 0 N–H and O–H groups in total. The van der Waals surface area contributed by atoms with E-state index >= 15 is 0 Å². The fourth-order valence-corrected chi connectivity index (χ4v) is 12.0. The zero-order valence-electron chi connectivity index (χ0n) is 52.3. The highest BCUT2D eigenvalue weighted by molar-refractivity contribution is 6.10. The van der Waals surface area contributed by atoms with Gasteiger partial charge >= 0.3 is 0 Å². The minimum absolute atomic E-state index is 1.31. The molecule has 0 heteroatoms. The van der Waals surface area contributed by atoms with E-state index in [0.717, 1.165) is 0 Å². The molecule has 0 unspecified atom stereocenters. The number of hydrogen-bond donors (Lipinski definition) is 0. The quantitative estimate of drug-likeness (QED) is 0.105. The Morgan fingerprint density at radius 2 is 0.438 bits per heavy atom. The van der Waals surface area contributed by atoms with Crippen LogP contribution in [-0.4, -0.2) is 0 Å². The number of benzene rings is 17. The van der Waals surface area contributed by atoms with Crippen molar-refractivity contribution in [2.45, 2.75) is 48.5 Å². The van der Waals surface area contributed by atoms with Crippen molar-refractivity contribution in [1.29, 1.82) is 0 Å². The summed E-state index contributed by atoms with van der Waals surface area (Å²) in [4.78, 5) is 0. The van der Waals surface area contributed by atoms with E-state index in [4.69, 9.17) is 0 Å². The van der Waals surface area contributed by atoms with E-state index in [1.54, 1.807) is 0 Å². The van der Waals surface area contributed by atoms with Crippen LogP contribution >= 0.6 is 0 Å². The first kappa shape index (κ1) is 60.0. The van der Waals surface area contributed by atoms with Crippen LogP contribution in [0.2, 0.25) is 0 Å². The molecule has 17 aromatic carbocycles. The van der Waals surface area contributed by atoms with E-state index in [0.29, 0.717) is 0 Å². The fraction of sp³-hybridized carbons (Fsp3) is 0.0787. The van der Waals surface area contributed by atoms with Crippen LogP contribution in [0.5, 0.6) is 0 Å². The molecule has 0 saturated heterocycles. The lowest BCUT2D eigenvalue weighted by molar-refractivity contribution is 1.48. The van der Waals surface area contributed by atoms with Gasteiger partial charge in [-0.15, -0.1) is 0 Å². The zero-order valence-corrected chi connectivity index (χ0v) is 52.3. The molecule has 432 valence electrons. The highest BCUT2D eigenvalue weighted by atomic mass is 14.1. The van der Waals surface area contributed by atoms with Crippen molar-refractivity contribution in [1.82, 2.24) is 0 Å². The highest BCUT2D eigenvalue weighted by Gasteiger charge is 2.05. The van der Waals surface area contributed by atoms with Crippen molar-refractivity contribution in [3.05, 3.63) is 373 Å². The third-order valence-electron chi connectivity index (χ3n) is 16.8. The van der Waals surface area contributed by atoms with Crippen molar-refractivity contribution in [3.63, 3.8) is 0 Å². The molecule has 0 nitrogen and oxygen atoms in total. The SMILES string of the molecule is Cc1c2ccccc2cc2ccccc12.Cc1cc2ccccc2c2ccccc12.Cc1ccc2c(ccc3ccccc32)c1.Cc1ccc2ccccc2c1.Cc1cccc2c1ccc1ccccc12.Cc1cccc2ccccc12.Cc1ccccc1. The number of hydrogen-bond acceptors (Lipinski definition) is 0. The molecule has 0 radical (unpaired) electrons. The second-order valence-corrected chi connectivity index (χ2v) is 23.2. The van der Waals surface area contributed by atoms with Crippen LogP contribution in [0.25, 0.3) is 108 Å². The Hall–Kier alpha value is -10.7.